The highest BCUT2D eigenvalue weighted by atomic mass is 16.4. The van der Waals surface area contributed by atoms with E-state index >= 15 is 0 Å². The summed E-state index contributed by atoms with van der Waals surface area (Å²) in [7, 11) is 0. The van der Waals surface area contributed by atoms with Crippen LogP contribution in [0.2, 0.25) is 0 Å². The summed E-state index contributed by atoms with van der Waals surface area (Å²) < 4.78 is 1.76. The lowest BCUT2D eigenvalue weighted by Gasteiger charge is -2.26. The molecule has 0 radical (unpaired) electrons. The fraction of sp³-hybridized carbons (Fsp3) is 0.500. The molecule has 1 aliphatic carbocycles. The highest BCUT2D eigenvalue weighted by Crippen LogP contribution is 2.25. The molecule has 1 aromatic carbocycles. The minimum atomic E-state index is -0.743. The number of carbonyl (C=O) groups is 2. The molecule has 3 N–H and O–H groups in total. The third kappa shape index (κ3) is 5.59. The summed E-state index contributed by atoms with van der Waals surface area (Å²) in [5, 5.41) is 19.2. The van der Waals surface area contributed by atoms with Crippen molar-refractivity contribution in [1.82, 2.24) is 15.1 Å². The largest absolute Gasteiger partial charge is 0.481 e. The van der Waals surface area contributed by atoms with Crippen molar-refractivity contribution in [2.75, 3.05) is 5.32 Å². The van der Waals surface area contributed by atoms with E-state index in [1.54, 1.807) is 16.9 Å². The Morgan fingerprint density at radius 2 is 1.76 bits per heavy atom. The molecule has 0 atom stereocenters. The molecule has 7 heteroatoms. The molecule has 1 heterocycles. The number of rotatable bonds is 5. The van der Waals surface area contributed by atoms with E-state index in [1.807, 2.05) is 0 Å². The fourth-order valence-corrected chi connectivity index (χ4v) is 3.67. The van der Waals surface area contributed by atoms with E-state index < -0.39 is 5.97 Å². The molecule has 0 bridgehead atoms. The number of aromatic nitrogens is 2. The van der Waals surface area contributed by atoms with Crippen molar-refractivity contribution in [1.29, 1.82) is 0 Å². The average Bonchev–Trinajstić information content (AvgIpc) is 3.08. The van der Waals surface area contributed by atoms with Gasteiger partial charge < -0.3 is 10.4 Å². The van der Waals surface area contributed by atoms with Gasteiger partial charge in [0.25, 0.3) is 0 Å². The van der Waals surface area contributed by atoms with Crippen LogP contribution in [-0.4, -0.2) is 32.9 Å². The van der Waals surface area contributed by atoms with Gasteiger partial charge in [-0.05, 0) is 42.2 Å². The Balaban J connectivity index is 1.55. The number of amides is 2. The Labute approximate surface area is 171 Å². The fourth-order valence-electron chi connectivity index (χ4n) is 3.67. The van der Waals surface area contributed by atoms with Crippen LogP contribution in [0.25, 0.3) is 0 Å². The van der Waals surface area contributed by atoms with Gasteiger partial charge in [0.2, 0.25) is 0 Å². The second-order valence-corrected chi connectivity index (χ2v) is 8.81. The number of nitrogens with zero attached hydrogens (tertiary/aromatic N) is 2. The average molecular weight is 399 g/mol. The zero-order valence-electron chi connectivity index (χ0n) is 17.3. The first-order chi connectivity index (χ1) is 13.7. The topological polar surface area (TPSA) is 96.3 Å². The van der Waals surface area contributed by atoms with E-state index in [0.29, 0.717) is 38.0 Å². The van der Waals surface area contributed by atoms with Crippen LogP contribution in [0.5, 0.6) is 0 Å². The minimum Gasteiger partial charge on any atom is -0.481 e. The lowest BCUT2D eigenvalue weighted by Crippen LogP contribution is -2.41. The van der Waals surface area contributed by atoms with Crippen LogP contribution < -0.4 is 10.6 Å². The van der Waals surface area contributed by atoms with Gasteiger partial charge in [0.05, 0.1) is 18.7 Å². The van der Waals surface area contributed by atoms with E-state index in [-0.39, 0.29) is 23.4 Å². The molecule has 1 aliphatic rings. The smallest absolute Gasteiger partial charge is 0.320 e. The number of benzene rings is 1. The summed E-state index contributed by atoms with van der Waals surface area (Å²) in [6, 6.07) is 9.93. The predicted molar refractivity (Wildman–Crippen MR) is 112 cm³/mol. The molecule has 0 saturated heterocycles. The molecule has 3 rings (SSSR count). The van der Waals surface area contributed by atoms with Crippen molar-refractivity contribution in [2.45, 2.75) is 64.5 Å². The van der Waals surface area contributed by atoms with Gasteiger partial charge in [0, 0.05) is 12.1 Å². The Morgan fingerprint density at radius 1 is 1.10 bits per heavy atom. The third-order valence-electron chi connectivity index (χ3n) is 5.52. The van der Waals surface area contributed by atoms with Crippen LogP contribution in [-0.2, 0) is 16.8 Å². The van der Waals surface area contributed by atoms with Gasteiger partial charge in [-0.25, -0.2) is 9.48 Å². The van der Waals surface area contributed by atoms with Crippen molar-refractivity contribution in [3.8, 4) is 0 Å². The highest BCUT2D eigenvalue weighted by Gasteiger charge is 2.26. The molecule has 0 unspecified atom stereocenters. The Bertz CT molecular complexity index is 844. The molecule has 29 heavy (non-hydrogen) atoms. The maximum atomic E-state index is 12.4. The quantitative estimate of drug-likeness (QED) is 0.709. The van der Waals surface area contributed by atoms with E-state index in [9.17, 15) is 9.59 Å². The summed E-state index contributed by atoms with van der Waals surface area (Å²) in [5.74, 6) is -0.406. The first kappa shape index (κ1) is 20.9. The number of aliphatic carboxylic acids is 1. The van der Waals surface area contributed by atoms with Crippen molar-refractivity contribution < 1.29 is 14.7 Å². The van der Waals surface area contributed by atoms with Crippen molar-refractivity contribution in [3.63, 3.8) is 0 Å². The molecule has 1 fully saturated rings. The lowest BCUT2D eigenvalue weighted by atomic mass is 9.86. The number of carbonyl (C=O) groups excluding carboxylic acids is 1. The molecule has 1 aromatic heterocycles. The second-order valence-electron chi connectivity index (χ2n) is 8.81. The molecule has 1 saturated carbocycles. The molecule has 156 valence electrons. The Morgan fingerprint density at radius 3 is 2.34 bits per heavy atom. The summed E-state index contributed by atoms with van der Waals surface area (Å²) in [6.45, 7) is 7.12. The molecule has 0 spiro atoms. The monoisotopic (exact) mass is 398 g/mol. The molecular weight excluding hydrogens is 368 g/mol. The molecule has 2 aromatic rings. The number of carboxylic acids is 1. The van der Waals surface area contributed by atoms with Gasteiger partial charge in [-0.1, -0.05) is 45.0 Å². The van der Waals surface area contributed by atoms with Crippen molar-refractivity contribution in [3.05, 3.63) is 47.7 Å². The predicted octanol–water partition coefficient (Wildman–Crippen LogP) is 3.99. The number of hydrogen-bond acceptors (Lipinski definition) is 3. The normalized spacial score (nSPS) is 19.6. The van der Waals surface area contributed by atoms with E-state index in [1.165, 1.54) is 5.56 Å². The summed E-state index contributed by atoms with van der Waals surface area (Å²) >= 11 is 0. The number of anilines is 1. The van der Waals surface area contributed by atoms with Gasteiger partial charge in [0.15, 0.2) is 0 Å². The van der Waals surface area contributed by atoms with Gasteiger partial charge in [-0.3, -0.25) is 10.1 Å². The zero-order valence-corrected chi connectivity index (χ0v) is 17.3. The second kappa shape index (κ2) is 8.68. The lowest BCUT2D eigenvalue weighted by molar-refractivity contribution is -0.142. The van der Waals surface area contributed by atoms with E-state index in [4.69, 9.17) is 5.11 Å². The first-order valence-corrected chi connectivity index (χ1v) is 10.1. The van der Waals surface area contributed by atoms with Crippen LogP contribution >= 0.6 is 0 Å². The molecule has 2 amide bonds. The highest BCUT2D eigenvalue weighted by molar-refractivity contribution is 5.88. The first-order valence-electron chi connectivity index (χ1n) is 10.1. The van der Waals surface area contributed by atoms with Crippen LogP contribution in [0.15, 0.2) is 36.5 Å². The third-order valence-corrected chi connectivity index (χ3v) is 5.52. The molecule has 0 aliphatic heterocycles. The maximum absolute atomic E-state index is 12.4. The number of urea groups is 1. The summed E-state index contributed by atoms with van der Waals surface area (Å²) in [4.78, 5) is 23.4. The summed E-state index contributed by atoms with van der Waals surface area (Å²) in [5.41, 5.74) is 2.49. The van der Waals surface area contributed by atoms with Crippen LogP contribution in [0.4, 0.5) is 10.6 Å². The minimum absolute atomic E-state index is 0.00640. The van der Waals surface area contributed by atoms with Gasteiger partial charge in [-0.15, -0.1) is 0 Å². The van der Waals surface area contributed by atoms with E-state index in [0.717, 1.165) is 5.56 Å². The maximum Gasteiger partial charge on any atom is 0.320 e. The molecular formula is C22H30N4O3. The Kier molecular flexibility index (Phi) is 6.25. The van der Waals surface area contributed by atoms with Crippen LogP contribution in [0.3, 0.4) is 0 Å². The number of hydrogen-bond donors (Lipinski definition) is 3. The van der Waals surface area contributed by atoms with E-state index in [2.05, 4.69) is 60.8 Å². The SMILES string of the molecule is CC(C)(C)c1ccc(Cn2nccc2NC(=O)NC2CCC(C(=O)O)CC2)cc1. The van der Waals surface area contributed by atoms with Gasteiger partial charge in [0.1, 0.15) is 5.82 Å². The van der Waals surface area contributed by atoms with Gasteiger partial charge >= 0.3 is 12.0 Å². The molecule has 7 nitrogen and oxygen atoms in total. The standard InChI is InChI=1S/C22H30N4O3/c1-22(2,3)17-8-4-15(5-9-17)14-26-19(12-13-23-26)25-21(29)24-18-10-6-16(7-11-18)20(27)28/h4-5,8-9,12-13,16,18H,6-7,10-11,14H2,1-3H3,(H,27,28)(H2,24,25,29). The summed E-state index contributed by atoms with van der Waals surface area (Å²) in [6.07, 6.45) is 4.23. The van der Waals surface area contributed by atoms with Gasteiger partial charge in [-0.2, -0.15) is 5.10 Å². The van der Waals surface area contributed by atoms with Crippen molar-refractivity contribution >= 4 is 17.8 Å². The van der Waals surface area contributed by atoms with Crippen molar-refractivity contribution in [2.24, 2.45) is 5.92 Å². The Hall–Kier alpha value is -2.83. The van der Waals surface area contributed by atoms with Crippen LogP contribution in [0, 0.1) is 5.92 Å². The number of nitrogens with one attached hydrogen (secondary N) is 2. The van der Waals surface area contributed by atoms with Crippen LogP contribution in [0.1, 0.15) is 57.6 Å². The number of carboxylic acid groups (broad SMARTS) is 1. The zero-order chi connectivity index (χ0) is 21.0.